The van der Waals surface area contributed by atoms with Crippen LogP contribution in [0.15, 0.2) is 42.5 Å². The highest BCUT2D eigenvalue weighted by atomic mass is 16.5. The smallest absolute Gasteiger partial charge is 0.260 e. The minimum absolute atomic E-state index is 0.0780. The first-order valence-corrected chi connectivity index (χ1v) is 8.40. The second kappa shape index (κ2) is 7.86. The molecule has 0 radical (unpaired) electrons. The molecule has 3 rings (SSSR count). The molecular formula is C19H19N2O5-. The van der Waals surface area contributed by atoms with Crippen molar-refractivity contribution in [2.75, 3.05) is 32.8 Å². The lowest BCUT2D eigenvalue weighted by Gasteiger charge is -2.34. The number of aliphatic carboxylic acids is 1. The van der Waals surface area contributed by atoms with E-state index in [4.69, 9.17) is 4.74 Å². The summed E-state index contributed by atoms with van der Waals surface area (Å²) in [6.07, 6.45) is -0.626. The molecule has 2 aromatic carbocycles. The monoisotopic (exact) mass is 355 g/mol. The van der Waals surface area contributed by atoms with E-state index < -0.39 is 18.3 Å². The highest BCUT2D eigenvalue weighted by Crippen LogP contribution is 2.20. The Morgan fingerprint density at radius 1 is 0.885 bits per heavy atom. The zero-order chi connectivity index (χ0) is 18.5. The number of amides is 2. The lowest BCUT2D eigenvalue weighted by Crippen LogP contribution is -2.52. The quantitative estimate of drug-likeness (QED) is 0.706. The molecule has 1 aliphatic heterocycles. The number of carboxylic acid groups (broad SMARTS) is 1. The molecule has 0 spiro atoms. The molecule has 1 saturated heterocycles. The van der Waals surface area contributed by atoms with Gasteiger partial charge in [0.05, 0.1) is 12.4 Å². The molecule has 136 valence electrons. The molecule has 0 unspecified atom stereocenters. The number of benzene rings is 2. The van der Waals surface area contributed by atoms with Crippen molar-refractivity contribution in [1.82, 2.24) is 9.80 Å². The van der Waals surface area contributed by atoms with Gasteiger partial charge in [-0.1, -0.05) is 30.3 Å². The first kappa shape index (κ1) is 17.7. The molecule has 26 heavy (non-hydrogen) atoms. The first-order chi connectivity index (χ1) is 12.5. The molecule has 7 heteroatoms. The van der Waals surface area contributed by atoms with Gasteiger partial charge in [0.2, 0.25) is 5.91 Å². The number of hydrogen-bond donors (Lipinski definition) is 0. The summed E-state index contributed by atoms with van der Waals surface area (Å²) in [7, 11) is 0. The van der Waals surface area contributed by atoms with Gasteiger partial charge in [-0.15, -0.1) is 0 Å². The molecule has 7 nitrogen and oxygen atoms in total. The fraction of sp³-hybridized carbons (Fsp3) is 0.316. The van der Waals surface area contributed by atoms with E-state index in [2.05, 4.69) is 0 Å². The van der Waals surface area contributed by atoms with E-state index >= 15 is 0 Å². The third kappa shape index (κ3) is 4.30. The summed E-state index contributed by atoms with van der Waals surface area (Å²) in [4.78, 5) is 37.5. The molecule has 0 bridgehead atoms. The van der Waals surface area contributed by atoms with Crippen LogP contribution in [0.2, 0.25) is 0 Å². The van der Waals surface area contributed by atoms with Gasteiger partial charge in [0.1, 0.15) is 5.75 Å². The molecule has 0 aromatic heterocycles. The van der Waals surface area contributed by atoms with Crippen LogP contribution in [0.25, 0.3) is 10.8 Å². The highest BCUT2D eigenvalue weighted by Gasteiger charge is 2.24. The number of carboxylic acids is 1. The Hall–Kier alpha value is -3.09. The van der Waals surface area contributed by atoms with E-state index in [1.54, 1.807) is 4.90 Å². The fourth-order valence-electron chi connectivity index (χ4n) is 2.93. The topological polar surface area (TPSA) is 90.0 Å². The average molecular weight is 355 g/mol. The summed E-state index contributed by atoms with van der Waals surface area (Å²) in [6.45, 7) is 1.27. The third-order valence-electron chi connectivity index (χ3n) is 4.36. The van der Waals surface area contributed by atoms with E-state index in [0.717, 1.165) is 10.8 Å². The Kier molecular flexibility index (Phi) is 5.36. The van der Waals surface area contributed by atoms with Crippen LogP contribution >= 0.6 is 0 Å². The summed E-state index contributed by atoms with van der Waals surface area (Å²) in [5, 5.41) is 12.6. The Morgan fingerprint density at radius 2 is 1.50 bits per heavy atom. The zero-order valence-electron chi connectivity index (χ0n) is 14.2. The maximum Gasteiger partial charge on any atom is 0.260 e. The lowest BCUT2D eigenvalue weighted by atomic mass is 10.1. The van der Waals surface area contributed by atoms with Crippen LogP contribution in [-0.2, 0) is 14.4 Å². The van der Waals surface area contributed by atoms with Crippen molar-refractivity contribution in [3.8, 4) is 5.75 Å². The van der Waals surface area contributed by atoms with Gasteiger partial charge in [0.25, 0.3) is 5.91 Å². The molecule has 0 atom stereocenters. The van der Waals surface area contributed by atoms with Crippen molar-refractivity contribution in [2.24, 2.45) is 0 Å². The second-order valence-electron chi connectivity index (χ2n) is 6.11. The van der Waals surface area contributed by atoms with E-state index in [1.165, 1.54) is 4.90 Å². The summed E-state index contributed by atoms with van der Waals surface area (Å²) in [6, 6.07) is 13.5. The molecule has 1 fully saturated rings. The van der Waals surface area contributed by atoms with Crippen molar-refractivity contribution in [3.63, 3.8) is 0 Å². The largest absolute Gasteiger partial charge is 0.550 e. The number of nitrogens with zero attached hydrogens (tertiary/aromatic N) is 2. The van der Waals surface area contributed by atoms with Crippen molar-refractivity contribution in [1.29, 1.82) is 0 Å². The predicted octanol–water partition coefficient (Wildman–Crippen LogP) is 0.0294. The lowest BCUT2D eigenvalue weighted by molar-refractivity contribution is -0.304. The number of ether oxygens (including phenoxy) is 1. The molecule has 1 heterocycles. The van der Waals surface area contributed by atoms with Crippen LogP contribution in [0.3, 0.4) is 0 Å². The van der Waals surface area contributed by atoms with Gasteiger partial charge in [-0.05, 0) is 22.9 Å². The normalized spacial score (nSPS) is 14.3. The van der Waals surface area contributed by atoms with Crippen LogP contribution in [0.4, 0.5) is 0 Å². The van der Waals surface area contributed by atoms with Crippen molar-refractivity contribution < 1.29 is 24.2 Å². The van der Waals surface area contributed by atoms with Gasteiger partial charge >= 0.3 is 0 Å². The molecule has 1 aliphatic rings. The summed E-state index contributed by atoms with van der Waals surface area (Å²) in [5.74, 6) is -1.41. The Morgan fingerprint density at radius 3 is 2.15 bits per heavy atom. The number of carbonyl (C=O) groups is 3. The minimum Gasteiger partial charge on any atom is -0.550 e. The van der Waals surface area contributed by atoms with Crippen LogP contribution in [0.5, 0.6) is 5.75 Å². The number of carbonyl (C=O) groups excluding carboxylic acids is 3. The van der Waals surface area contributed by atoms with Crippen molar-refractivity contribution >= 4 is 28.6 Å². The molecule has 2 aromatic rings. The van der Waals surface area contributed by atoms with E-state index in [-0.39, 0.29) is 12.5 Å². The van der Waals surface area contributed by atoms with Gasteiger partial charge in [-0.25, -0.2) is 0 Å². The van der Waals surface area contributed by atoms with Crippen molar-refractivity contribution in [2.45, 2.75) is 6.42 Å². The molecule has 0 N–H and O–H groups in total. The summed E-state index contributed by atoms with van der Waals surface area (Å²) in [5.41, 5.74) is 0. The average Bonchev–Trinajstić information content (AvgIpc) is 2.65. The number of hydrogen-bond acceptors (Lipinski definition) is 5. The molecule has 0 saturated carbocycles. The van der Waals surface area contributed by atoms with Gasteiger partial charge in [-0.2, -0.15) is 0 Å². The Bertz CT molecular complexity index is 828. The number of piperazine rings is 1. The van der Waals surface area contributed by atoms with Crippen LogP contribution < -0.4 is 9.84 Å². The standard InChI is InChI=1S/C19H20N2O5/c22-17(12-19(24)25)20-7-9-21(10-8-20)18(23)13-26-16-6-5-14-3-1-2-4-15(14)11-16/h1-6,11H,7-10,12-13H2,(H,24,25)/p-1. The summed E-state index contributed by atoms with van der Waals surface area (Å²) < 4.78 is 5.60. The Labute approximate surface area is 150 Å². The maximum absolute atomic E-state index is 12.3. The summed E-state index contributed by atoms with van der Waals surface area (Å²) >= 11 is 0. The number of fused-ring (bicyclic) bond motifs is 1. The first-order valence-electron chi connectivity index (χ1n) is 8.40. The van der Waals surface area contributed by atoms with E-state index in [0.29, 0.717) is 31.9 Å². The highest BCUT2D eigenvalue weighted by molar-refractivity contribution is 5.92. The second-order valence-corrected chi connectivity index (χ2v) is 6.11. The Balaban J connectivity index is 1.49. The third-order valence-corrected chi connectivity index (χ3v) is 4.36. The predicted molar refractivity (Wildman–Crippen MR) is 92.2 cm³/mol. The minimum atomic E-state index is -1.39. The van der Waals surface area contributed by atoms with Crippen molar-refractivity contribution in [3.05, 3.63) is 42.5 Å². The van der Waals surface area contributed by atoms with Gasteiger partial charge in [0, 0.05) is 26.2 Å². The SMILES string of the molecule is O=C([O-])CC(=O)N1CCN(C(=O)COc2ccc3ccccc3c2)CC1. The van der Waals surface area contributed by atoms with Crippen LogP contribution in [0.1, 0.15) is 6.42 Å². The molecular weight excluding hydrogens is 336 g/mol. The maximum atomic E-state index is 12.3. The fourth-order valence-corrected chi connectivity index (χ4v) is 2.93. The number of rotatable bonds is 5. The molecule has 2 amide bonds. The van der Waals surface area contributed by atoms with Gasteiger partial charge in [-0.3, -0.25) is 9.59 Å². The van der Waals surface area contributed by atoms with Gasteiger partial charge < -0.3 is 24.4 Å². The van der Waals surface area contributed by atoms with Crippen LogP contribution in [0, 0.1) is 0 Å². The van der Waals surface area contributed by atoms with E-state index in [1.807, 2.05) is 42.5 Å². The zero-order valence-corrected chi connectivity index (χ0v) is 14.2. The van der Waals surface area contributed by atoms with E-state index in [9.17, 15) is 19.5 Å². The molecule has 0 aliphatic carbocycles. The van der Waals surface area contributed by atoms with Crippen LogP contribution in [-0.4, -0.2) is 60.4 Å². The van der Waals surface area contributed by atoms with Gasteiger partial charge in [0.15, 0.2) is 6.61 Å².